The summed E-state index contributed by atoms with van der Waals surface area (Å²) in [7, 11) is 1.33. The van der Waals surface area contributed by atoms with Crippen LogP contribution in [-0.4, -0.2) is 49.4 Å². The van der Waals surface area contributed by atoms with Crippen LogP contribution in [0.1, 0.15) is 28.8 Å². The number of ketones is 1. The van der Waals surface area contributed by atoms with Gasteiger partial charge >= 0.3 is 5.97 Å². The van der Waals surface area contributed by atoms with Crippen molar-refractivity contribution in [3.63, 3.8) is 0 Å². The molecule has 2 aromatic rings. The first kappa shape index (κ1) is 22.2. The van der Waals surface area contributed by atoms with Gasteiger partial charge in [-0.05, 0) is 42.7 Å². The minimum atomic E-state index is -0.655. The maximum Gasteiger partial charge on any atom is 0.309 e. The molecule has 162 valence electrons. The molecule has 0 radical (unpaired) electrons. The molecule has 0 saturated carbocycles. The van der Waals surface area contributed by atoms with Crippen molar-refractivity contribution in [3.8, 4) is 5.75 Å². The van der Waals surface area contributed by atoms with Crippen molar-refractivity contribution in [1.29, 1.82) is 0 Å². The molecule has 0 aliphatic carbocycles. The van der Waals surface area contributed by atoms with Gasteiger partial charge in [0.05, 0.1) is 13.0 Å². The zero-order valence-corrected chi connectivity index (χ0v) is 17.3. The molecule has 1 amide bonds. The lowest BCUT2D eigenvalue weighted by molar-refractivity contribution is -0.150. The van der Waals surface area contributed by atoms with Gasteiger partial charge in [0.25, 0.3) is 0 Å². The molecular weight excluding hydrogens is 401 g/mol. The fourth-order valence-corrected chi connectivity index (χ4v) is 3.35. The summed E-state index contributed by atoms with van der Waals surface area (Å²) in [4.78, 5) is 38.5. The molecule has 1 aliphatic heterocycles. The van der Waals surface area contributed by atoms with Gasteiger partial charge in [0.15, 0.2) is 24.0 Å². The lowest BCUT2D eigenvalue weighted by Crippen LogP contribution is -2.40. The quantitative estimate of drug-likeness (QED) is 0.386. The first-order valence-electron chi connectivity index (χ1n) is 10.0. The predicted molar refractivity (Wildman–Crippen MR) is 113 cm³/mol. The molecule has 1 saturated heterocycles. The van der Waals surface area contributed by atoms with Gasteiger partial charge in [-0.2, -0.15) is 0 Å². The Morgan fingerprint density at radius 1 is 1.10 bits per heavy atom. The lowest BCUT2D eigenvalue weighted by Gasteiger charge is -2.30. The van der Waals surface area contributed by atoms with Crippen molar-refractivity contribution >= 4 is 23.7 Å². The summed E-state index contributed by atoms with van der Waals surface area (Å²) in [6.07, 6.45) is 4.22. The van der Waals surface area contributed by atoms with Gasteiger partial charge < -0.3 is 14.4 Å². The third-order valence-electron chi connectivity index (χ3n) is 5.18. The summed E-state index contributed by atoms with van der Waals surface area (Å²) in [5, 5.41) is 0. The standard InChI is InChI=1S/C24H24FNO5/c1-30-22-9-8-19(15-20(22)25)21(27)16-31-24(29)18-11-13-26(14-12-18)23(28)10-7-17-5-3-2-4-6-17/h2-10,15,18H,11-14,16H2,1H3/b10-7+. The molecule has 0 N–H and O–H groups in total. The Labute approximate surface area is 180 Å². The first-order valence-corrected chi connectivity index (χ1v) is 10.0. The highest BCUT2D eigenvalue weighted by Crippen LogP contribution is 2.20. The number of likely N-dealkylation sites (tertiary alicyclic amines) is 1. The maximum atomic E-state index is 13.7. The van der Waals surface area contributed by atoms with Gasteiger partial charge in [0.1, 0.15) is 0 Å². The zero-order valence-electron chi connectivity index (χ0n) is 17.3. The first-order chi connectivity index (χ1) is 15.0. The Bertz CT molecular complexity index is 965. The van der Waals surface area contributed by atoms with Crippen LogP contribution in [0.25, 0.3) is 6.08 Å². The van der Waals surface area contributed by atoms with Gasteiger partial charge in [-0.3, -0.25) is 14.4 Å². The molecule has 1 fully saturated rings. The smallest absolute Gasteiger partial charge is 0.309 e. The van der Waals surface area contributed by atoms with Crippen LogP contribution in [0.4, 0.5) is 4.39 Å². The summed E-state index contributed by atoms with van der Waals surface area (Å²) in [6, 6.07) is 13.4. The van der Waals surface area contributed by atoms with E-state index in [0.29, 0.717) is 25.9 Å². The molecule has 1 heterocycles. The number of Topliss-reactive ketones (excluding diaryl/α,β-unsaturated/α-hetero) is 1. The van der Waals surface area contributed by atoms with Gasteiger partial charge in [0.2, 0.25) is 5.91 Å². The average Bonchev–Trinajstić information content (AvgIpc) is 2.81. The second-order valence-electron chi connectivity index (χ2n) is 7.22. The number of esters is 1. The third kappa shape index (κ3) is 6.01. The Morgan fingerprint density at radius 2 is 1.81 bits per heavy atom. The molecule has 6 nitrogen and oxygen atoms in total. The number of hydrogen-bond donors (Lipinski definition) is 0. The minimum Gasteiger partial charge on any atom is -0.494 e. The Hall–Kier alpha value is -3.48. The third-order valence-corrected chi connectivity index (χ3v) is 5.18. The topological polar surface area (TPSA) is 72.9 Å². The highest BCUT2D eigenvalue weighted by molar-refractivity contribution is 5.98. The van der Waals surface area contributed by atoms with E-state index in [0.717, 1.165) is 11.6 Å². The fraction of sp³-hybridized carbons (Fsp3) is 0.292. The normalized spacial score (nSPS) is 14.5. The Balaban J connectivity index is 1.44. The second-order valence-corrected chi connectivity index (χ2v) is 7.22. The molecule has 31 heavy (non-hydrogen) atoms. The van der Waals surface area contributed by atoms with Crippen molar-refractivity contribution in [2.75, 3.05) is 26.8 Å². The molecule has 0 atom stereocenters. The summed E-state index contributed by atoms with van der Waals surface area (Å²) in [5.41, 5.74) is 1.05. The van der Waals surface area contributed by atoms with E-state index in [1.54, 1.807) is 11.0 Å². The van der Waals surface area contributed by atoms with Crippen LogP contribution in [0.5, 0.6) is 5.75 Å². The lowest BCUT2D eigenvalue weighted by atomic mass is 9.97. The van der Waals surface area contributed by atoms with Crippen LogP contribution in [0, 0.1) is 11.7 Å². The molecule has 1 aliphatic rings. The number of amides is 1. The average molecular weight is 425 g/mol. The number of piperidine rings is 1. The van der Waals surface area contributed by atoms with E-state index in [4.69, 9.17) is 9.47 Å². The van der Waals surface area contributed by atoms with Crippen LogP contribution < -0.4 is 4.74 Å². The zero-order chi connectivity index (χ0) is 22.2. The second kappa shape index (κ2) is 10.5. The predicted octanol–water partition coefficient (Wildman–Crippen LogP) is 3.51. The number of halogens is 1. The van der Waals surface area contributed by atoms with Crippen LogP contribution in [0.2, 0.25) is 0 Å². The molecule has 0 spiro atoms. The summed E-state index contributed by atoms with van der Waals surface area (Å²) >= 11 is 0. The van der Waals surface area contributed by atoms with E-state index in [9.17, 15) is 18.8 Å². The number of hydrogen-bond acceptors (Lipinski definition) is 5. The molecule has 7 heteroatoms. The number of carbonyl (C=O) groups is 3. The molecule has 0 aromatic heterocycles. The number of methoxy groups -OCH3 is 1. The molecular formula is C24H24FNO5. The number of benzene rings is 2. The van der Waals surface area contributed by atoms with E-state index < -0.39 is 24.2 Å². The van der Waals surface area contributed by atoms with E-state index in [2.05, 4.69) is 0 Å². The maximum absolute atomic E-state index is 13.7. The monoisotopic (exact) mass is 425 g/mol. The highest BCUT2D eigenvalue weighted by Gasteiger charge is 2.28. The summed E-state index contributed by atoms with van der Waals surface area (Å²) in [6.45, 7) is 0.425. The van der Waals surface area contributed by atoms with E-state index in [-0.39, 0.29) is 23.1 Å². The van der Waals surface area contributed by atoms with Crippen molar-refractivity contribution in [2.45, 2.75) is 12.8 Å². The van der Waals surface area contributed by atoms with Crippen molar-refractivity contribution in [2.24, 2.45) is 5.92 Å². The van der Waals surface area contributed by atoms with Crippen molar-refractivity contribution < 1.29 is 28.2 Å². The fourth-order valence-electron chi connectivity index (χ4n) is 3.35. The molecule has 0 unspecified atom stereocenters. The number of nitrogens with zero attached hydrogens (tertiary/aromatic N) is 1. The van der Waals surface area contributed by atoms with E-state index in [1.165, 1.54) is 25.3 Å². The number of carbonyl (C=O) groups excluding carboxylic acids is 3. The van der Waals surface area contributed by atoms with Crippen molar-refractivity contribution in [1.82, 2.24) is 4.90 Å². The largest absolute Gasteiger partial charge is 0.494 e. The highest BCUT2D eigenvalue weighted by atomic mass is 19.1. The summed E-state index contributed by atoms with van der Waals surface area (Å²) in [5.74, 6) is -2.07. The van der Waals surface area contributed by atoms with Gasteiger partial charge in [-0.25, -0.2) is 4.39 Å². The number of rotatable bonds is 7. The summed E-state index contributed by atoms with van der Waals surface area (Å²) < 4.78 is 23.7. The van der Waals surface area contributed by atoms with Crippen molar-refractivity contribution in [3.05, 3.63) is 71.6 Å². The molecule has 0 bridgehead atoms. The Kier molecular flexibility index (Phi) is 7.54. The molecule has 2 aromatic carbocycles. The van der Waals surface area contributed by atoms with Gasteiger partial charge in [-0.1, -0.05) is 30.3 Å². The Morgan fingerprint density at radius 3 is 2.45 bits per heavy atom. The van der Waals surface area contributed by atoms with Crippen LogP contribution in [-0.2, 0) is 14.3 Å². The van der Waals surface area contributed by atoms with Crippen LogP contribution in [0.3, 0.4) is 0 Å². The van der Waals surface area contributed by atoms with E-state index >= 15 is 0 Å². The SMILES string of the molecule is COc1ccc(C(=O)COC(=O)C2CCN(C(=O)/C=C/c3ccccc3)CC2)cc1F. The number of ether oxygens (including phenoxy) is 2. The van der Waals surface area contributed by atoms with E-state index in [1.807, 2.05) is 30.3 Å². The van der Waals surface area contributed by atoms with Crippen LogP contribution >= 0.6 is 0 Å². The minimum absolute atomic E-state index is 0.0356. The van der Waals surface area contributed by atoms with Gasteiger partial charge in [-0.15, -0.1) is 0 Å². The van der Waals surface area contributed by atoms with Crippen LogP contribution in [0.15, 0.2) is 54.6 Å². The van der Waals surface area contributed by atoms with Gasteiger partial charge in [0, 0.05) is 24.7 Å². The molecule has 3 rings (SSSR count).